The Kier molecular flexibility index (Phi) is 5.24. The molecule has 0 bridgehead atoms. The molecule has 0 radical (unpaired) electrons. The molecular formula is C24H25N3O4. The summed E-state index contributed by atoms with van der Waals surface area (Å²) >= 11 is 0. The van der Waals surface area contributed by atoms with Gasteiger partial charge < -0.3 is 24.3 Å². The molecule has 7 heteroatoms. The van der Waals surface area contributed by atoms with E-state index in [0.717, 1.165) is 18.7 Å². The van der Waals surface area contributed by atoms with Gasteiger partial charge in [-0.15, -0.1) is 0 Å². The maximum atomic E-state index is 12.6. The van der Waals surface area contributed by atoms with E-state index < -0.39 is 0 Å². The zero-order chi connectivity index (χ0) is 21.2. The first-order chi connectivity index (χ1) is 15.2. The molecular weight excluding hydrogens is 394 g/mol. The van der Waals surface area contributed by atoms with E-state index in [1.54, 1.807) is 4.90 Å². The second-order valence-corrected chi connectivity index (χ2v) is 7.95. The summed E-state index contributed by atoms with van der Waals surface area (Å²) in [6, 6.07) is 15.8. The molecule has 0 saturated carbocycles. The molecule has 2 amide bonds. The van der Waals surface area contributed by atoms with Gasteiger partial charge in [0.1, 0.15) is 13.2 Å². The number of fused-ring (bicyclic) bond motifs is 2. The SMILES string of the molecule is O=C(NCCCn1ccc2ccccc21)[C@H]1CC(=O)N(c2ccc3c(c2)OCCO3)C1. The topological polar surface area (TPSA) is 72.8 Å². The highest BCUT2D eigenvalue weighted by atomic mass is 16.6. The number of anilines is 1. The minimum Gasteiger partial charge on any atom is -0.486 e. The van der Waals surface area contributed by atoms with Gasteiger partial charge in [-0.05, 0) is 36.1 Å². The Morgan fingerprint density at radius 2 is 1.90 bits per heavy atom. The molecule has 2 aromatic carbocycles. The first kappa shape index (κ1) is 19.5. The summed E-state index contributed by atoms with van der Waals surface area (Å²) in [7, 11) is 0. The maximum absolute atomic E-state index is 12.6. The summed E-state index contributed by atoms with van der Waals surface area (Å²) in [5.74, 6) is 0.878. The number of benzene rings is 2. The van der Waals surface area contributed by atoms with E-state index in [2.05, 4.69) is 34.3 Å². The Morgan fingerprint density at radius 3 is 2.81 bits per heavy atom. The molecule has 0 spiro atoms. The van der Waals surface area contributed by atoms with Crippen LogP contribution in [0, 0.1) is 5.92 Å². The number of aryl methyl sites for hydroxylation is 1. The number of carbonyl (C=O) groups excluding carboxylic acids is 2. The molecule has 160 valence electrons. The lowest BCUT2D eigenvalue weighted by molar-refractivity contribution is -0.126. The highest BCUT2D eigenvalue weighted by Crippen LogP contribution is 2.36. The lowest BCUT2D eigenvalue weighted by atomic mass is 10.1. The normalized spacial score (nSPS) is 17.9. The van der Waals surface area contributed by atoms with Crippen molar-refractivity contribution in [2.75, 3.05) is 31.2 Å². The number of amides is 2. The average molecular weight is 419 g/mol. The molecule has 1 N–H and O–H groups in total. The van der Waals surface area contributed by atoms with E-state index in [-0.39, 0.29) is 24.2 Å². The molecule has 3 heterocycles. The predicted octanol–water partition coefficient (Wildman–Crippen LogP) is 2.97. The lowest BCUT2D eigenvalue weighted by Crippen LogP contribution is -2.33. The molecule has 0 unspecified atom stereocenters. The number of carbonyl (C=O) groups is 2. The lowest BCUT2D eigenvalue weighted by Gasteiger charge is -2.22. The summed E-state index contributed by atoms with van der Waals surface area (Å²) < 4.78 is 13.3. The molecule has 1 aromatic heterocycles. The van der Waals surface area contributed by atoms with E-state index in [1.807, 2.05) is 30.3 Å². The van der Waals surface area contributed by atoms with Crippen LogP contribution < -0.4 is 19.7 Å². The Bertz CT molecular complexity index is 1120. The van der Waals surface area contributed by atoms with Crippen LogP contribution >= 0.6 is 0 Å². The molecule has 1 fully saturated rings. The molecule has 1 saturated heterocycles. The third kappa shape index (κ3) is 3.95. The van der Waals surface area contributed by atoms with Crippen LogP contribution in [0.4, 0.5) is 5.69 Å². The van der Waals surface area contributed by atoms with Gasteiger partial charge in [0.05, 0.1) is 5.92 Å². The van der Waals surface area contributed by atoms with Crippen molar-refractivity contribution < 1.29 is 19.1 Å². The second kappa shape index (κ2) is 8.34. The summed E-state index contributed by atoms with van der Waals surface area (Å²) in [4.78, 5) is 26.8. The van der Waals surface area contributed by atoms with Gasteiger partial charge in [-0.1, -0.05) is 18.2 Å². The van der Waals surface area contributed by atoms with Crippen molar-refractivity contribution in [3.63, 3.8) is 0 Å². The van der Waals surface area contributed by atoms with Gasteiger partial charge in [0, 0.05) is 49.5 Å². The van der Waals surface area contributed by atoms with Crippen molar-refractivity contribution in [3.05, 3.63) is 54.7 Å². The molecule has 2 aliphatic rings. The summed E-state index contributed by atoms with van der Waals surface area (Å²) in [5, 5.41) is 4.22. The van der Waals surface area contributed by atoms with Gasteiger partial charge in [-0.25, -0.2) is 0 Å². The van der Waals surface area contributed by atoms with Crippen molar-refractivity contribution in [2.45, 2.75) is 19.4 Å². The van der Waals surface area contributed by atoms with Crippen molar-refractivity contribution in [1.82, 2.24) is 9.88 Å². The van der Waals surface area contributed by atoms with Crippen LogP contribution in [-0.4, -0.2) is 42.7 Å². The van der Waals surface area contributed by atoms with E-state index in [4.69, 9.17) is 9.47 Å². The zero-order valence-corrected chi connectivity index (χ0v) is 17.3. The number of rotatable bonds is 6. The largest absolute Gasteiger partial charge is 0.486 e. The summed E-state index contributed by atoms with van der Waals surface area (Å²) in [6.45, 7) is 2.82. The Balaban J connectivity index is 1.14. The minimum absolute atomic E-state index is 0.0457. The van der Waals surface area contributed by atoms with Crippen molar-refractivity contribution >= 4 is 28.4 Å². The molecule has 0 aliphatic carbocycles. The molecule has 1 atom stereocenters. The van der Waals surface area contributed by atoms with Crippen LogP contribution in [0.15, 0.2) is 54.7 Å². The van der Waals surface area contributed by atoms with Gasteiger partial charge in [0.2, 0.25) is 11.8 Å². The van der Waals surface area contributed by atoms with Crippen LogP contribution in [0.5, 0.6) is 11.5 Å². The Hall–Kier alpha value is -3.48. The number of nitrogens with zero attached hydrogens (tertiary/aromatic N) is 2. The fourth-order valence-corrected chi connectivity index (χ4v) is 4.27. The van der Waals surface area contributed by atoms with Gasteiger partial charge in [0.15, 0.2) is 11.5 Å². The molecule has 3 aromatic rings. The highest BCUT2D eigenvalue weighted by Gasteiger charge is 2.35. The highest BCUT2D eigenvalue weighted by molar-refractivity contribution is 6.00. The summed E-state index contributed by atoms with van der Waals surface area (Å²) in [6.07, 6.45) is 3.13. The monoisotopic (exact) mass is 419 g/mol. The van der Waals surface area contributed by atoms with Gasteiger partial charge in [0.25, 0.3) is 0 Å². The Labute approximate surface area is 180 Å². The fraction of sp³-hybridized carbons (Fsp3) is 0.333. The number of nitrogens with one attached hydrogen (secondary N) is 1. The number of hydrogen-bond donors (Lipinski definition) is 1. The predicted molar refractivity (Wildman–Crippen MR) is 117 cm³/mol. The first-order valence-corrected chi connectivity index (χ1v) is 10.7. The molecule has 31 heavy (non-hydrogen) atoms. The van der Waals surface area contributed by atoms with Crippen molar-refractivity contribution in [1.29, 1.82) is 0 Å². The number of aromatic nitrogens is 1. The van der Waals surface area contributed by atoms with Crippen LogP contribution in [0.3, 0.4) is 0 Å². The van der Waals surface area contributed by atoms with Crippen LogP contribution in [0.25, 0.3) is 10.9 Å². The maximum Gasteiger partial charge on any atom is 0.227 e. The van der Waals surface area contributed by atoms with Gasteiger partial charge >= 0.3 is 0 Å². The first-order valence-electron chi connectivity index (χ1n) is 10.7. The third-order valence-corrected chi connectivity index (χ3v) is 5.89. The average Bonchev–Trinajstić information content (AvgIpc) is 3.40. The van der Waals surface area contributed by atoms with E-state index in [0.29, 0.717) is 37.8 Å². The molecule has 7 nitrogen and oxygen atoms in total. The zero-order valence-electron chi connectivity index (χ0n) is 17.3. The summed E-state index contributed by atoms with van der Waals surface area (Å²) in [5.41, 5.74) is 1.94. The van der Waals surface area contributed by atoms with E-state index in [1.165, 1.54) is 10.9 Å². The minimum atomic E-state index is -0.340. The molecule has 2 aliphatic heterocycles. The Morgan fingerprint density at radius 1 is 1.06 bits per heavy atom. The van der Waals surface area contributed by atoms with E-state index in [9.17, 15) is 9.59 Å². The second-order valence-electron chi connectivity index (χ2n) is 7.95. The fourth-order valence-electron chi connectivity index (χ4n) is 4.27. The van der Waals surface area contributed by atoms with Crippen molar-refractivity contribution in [3.8, 4) is 11.5 Å². The standard InChI is InChI=1S/C24H25N3O4/c28-23-14-18(16-27(23)19-6-7-21-22(15-19)31-13-12-30-21)24(29)25-9-3-10-26-11-8-17-4-1-2-5-20(17)26/h1-2,4-8,11,15,18H,3,9-10,12-14,16H2,(H,25,29)/t18-/m0/s1. The molecule has 5 rings (SSSR count). The third-order valence-electron chi connectivity index (χ3n) is 5.89. The van der Waals surface area contributed by atoms with E-state index >= 15 is 0 Å². The van der Waals surface area contributed by atoms with Gasteiger partial charge in [-0.2, -0.15) is 0 Å². The van der Waals surface area contributed by atoms with Crippen molar-refractivity contribution in [2.24, 2.45) is 5.92 Å². The number of para-hydroxylation sites is 1. The van der Waals surface area contributed by atoms with Crippen LogP contribution in [0.1, 0.15) is 12.8 Å². The van der Waals surface area contributed by atoms with Crippen LogP contribution in [-0.2, 0) is 16.1 Å². The smallest absolute Gasteiger partial charge is 0.227 e. The number of ether oxygens (including phenoxy) is 2. The van der Waals surface area contributed by atoms with Crippen LogP contribution in [0.2, 0.25) is 0 Å². The number of hydrogen-bond acceptors (Lipinski definition) is 4. The van der Waals surface area contributed by atoms with Gasteiger partial charge in [-0.3, -0.25) is 9.59 Å². The quantitative estimate of drug-likeness (QED) is 0.624.